The van der Waals surface area contributed by atoms with Gasteiger partial charge in [0.15, 0.2) is 0 Å². The second kappa shape index (κ2) is 5.93. The molecule has 1 aromatic carbocycles. The van der Waals surface area contributed by atoms with E-state index in [1.165, 1.54) is 0 Å². The van der Waals surface area contributed by atoms with Crippen LogP contribution in [0.3, 0.4) is 0 Å². The predicted molar refractivity (Wildman–Crippen MR) is 82.0 cm³/mol. The van der Waals surface area contributed by atoms with Crippen molar-refractivity contribution in [2.24, 2.45) is 12.8 Å². The summed E-state index contributed by atoms with van der Waals surface area (Å²) in [7, 11) is 2.00. The zero-order valence-electron chi connectivity index (χ0n) is 12.1. The highest BCUT2D eigenvalue weighted by Crippen LogP contribution is 2.17. The highest BCUT2D eigenvalue weighted by Gasteiger charge is 2.11. The molecule has 5 nitrogen and oxygen atoms in total. The monoisotopic (exact) mass is 281 g/mol. The molecule has 0 amide bonds. The van der Waals surface area contributed by atoms with E-state index in [0.29, 0.717) is 0 Å². The number of hydrogen-bond acceptors (Lipinski definition) is 3. The van der Waals surface area contributed by atoms with Crippen LogP contribution in [0.2, 0.25) is 0 Å². The van der Waals surface area contributed by atoms with Crippen molar-refractivity contribution in [3.8, 4) is 5.69 Å². The number of rotatable bonds is 5. The Balaban J connectivity index is 1.67. The van der Waals surface area contributed by atoms with E-state index < -0.39 is 0 Å². The van der Waals surface area contributed by atoms with Gasteiger partial charge in [-0.2, -0.15) is 5.10 Å². The lowest BCUT2D eigenvalue weighted by Gasteiger charge is -2.09. The highest BCUT2D eigenvalue weighted by molar-refractivity contribution is 5.31. The van der Waals surface area contributed by atoms with Crippen LogP contribution < -0.4 is 5.73 Å². The van der Waals surface area contributed by atoms with Gasteiger partial charge in [-0.1, -0.05) is 18.2 Å². The summed E-state index contributed by atoms with van der Waals surface area (Å²) in [6.07, 6.45) is 9.32. The van der Waals surface area contributed by atoms with Crippen LogP contribution in [0.15, 0.2) is 55.1 Å². The molecule has 0 aliphatic heterocycles. The summed E-state index contributed by atoms with van der Waals surface area (Å²) in [4.78, 5) is 4.32. The zero-order valence-corrected chi connectivity index (χ0v) is 12.1. The van der Waals surface area contributed by atoms with Gasteiger partial charge in [0.1, 0.15) is 5.82 Å². The minimum Gasteiger partial charge on any atom is -0.338 e. The van der Waals surface area contributed by atoms with Crippen LogP contribution in [0.5, 0.6) is 0 Å². The van der Waals surface area contributed by atoms with Gasteiger partial charge in [-0.3, -0.25) is 0 Å². The van der Waals surface area contributed by atoms with Gasteiger partial charge >= 0.3 is 0 Å². The molecule has 2 aromatic heterocycles. The molecule has 21 heavy (non-hydrogen) atoms. The van der Waals surface area contributed by atoms with Crippen molar-refractivity contribution in [1.29, 1.82) is 0 Å². The van der Waals surface area contributed by atoms with Gasteiger partial charge < -0.3 is 10.3 Å². The van der Waals surface area contributed by atoms with Crippen molar-refractivity contribution in [2.45, 2.75) is 18.9 Å². The first-order chi connectivity index (χ1) is 10.2. The number of nitrogens with two attached hydrogens (primary N) is 1. The summed E-state index contributed by atoms with van der Waals surface area (Å²) in [5.74, 6) is 1.06. The van der Waals surface area contributed by atoms with Crippen molar-refractivity contribution < 1.29 is 0 Å². The van der Waals surface area contributed by atoms with E-state index in [1.807, 2.05) is 71.4 Å². The third-order valence-corrected chi connectivity index (χ3v) is 3.65. The quantitative estimate of drug-likeness (QED) is 0.780. The molecule has 0 spiro atoms. The molecular formula is C16H19N5. The SMILES string of the molecule is Cn1ccnc1CCC(N)c1cnn(-c2ccccc2)c1. The summed E-state index contributed by atoms with van der Waals surface area (Å²) >= 11 is 0. The number of benzene rings is 1. The van der Waals surface area contributed by atoms with Crippen molar-refractivity contribution in [2.75, 3.05) is 0 Å². The van der Waals surface area contributed by atoms with E-state index in [-0.39, 0.29) is 6.04 Å². The molecule has 1 atom stereocenters. The lowest BCUT2D eigenvalue weighted by Crippen LogP contribution is -2.12. The average Bonchev–Trinajstić information content (AvgIpc) is 3.15. The molecule has 0 fully saturated rings. The first kappa shape index (κ1) is 13.6. The van der Waals surface area contributed by atoms with Crippen molar-refractivity contribution in [1.82, 2.24) is 19.3 Å². The number of hydrogen-bond donors (Lipinski definition) is 1. The molecule has 0 saturated carbocycles. The first-order valence-corrected chi connectivity index (χ1v) is 7.06. The second-order valence-corrected chi connectivity index (χ2v) is 5.15. The molecule has 3 aromatic rings. The summed E-state index contributed by atoms with van der Waals surface area (Å²) in [5.41, 5.74) is 8.35. The molecule has 0 aliphatic rings. The maximum absolute atomic E-state index is 6.26. The molecule has 1 unspecified atom stereocenters. The van der Waals surface area contributed by atoms with Gasteiger partial charge in [-0.05, 0) is 18.6 Å². The molecule has 0 aliphatic carbocycles. The van der Waals surface area contributed by atoms with Crippen LogP contribution in [0.25, 0.3) is 5.69 Å². The van der Waals surface area contributed by atoms with Crippen LogP contribution in [0.1, 0.15) is 23.9 Å². The summed E-state index contributed by atoms with van der Waals surface area (Å²) in [6.45, 7) is 0. The fraction of sp³-hybridized carbons (Fsp3) is 0.250. The lowest BCUT2D eigenvalue weighted by molar-refractivity contribution is 0.620. The smallest absolute Gasteiger partial charge is 0.108 e. The fourth-order valence-corrected chi connectivity index (χ4v) is 2.34. The Bertz CT molecular complexity index is 698. The number of aryl methyl sites for hydroxylation is 2. The topological polar surface area (TPSA) is 61.7 Å². The summed E-state index contributed by atoms with van der Waals surface area (Å²) in [6, 6.07) is 10.0. The van der Waals surface area contributed by atoms with Gasteiger partial charge in [0.25, 0.3) is 0 Å². The Morgan fingerprint density at radius 3 is 2.76 bits per heavy atom. The largest absolute Gasteiger partial charge is 0.338 e. The number of aromatic nitrogens is 4. The first-order valence-electron chi connectivity index (χ1n) is 7.06. The molecule has 2 N–H and O–H groups in total. The Hall–Kier alpha value is -2.40. The van der Waals surface area contributed by atoms with E-state index >= 15 is 0 Å². The highest BCUT2D eigenvalue weighted by atomic mass is 15.3. The molecular weight excluding hydrogens is 262 g/mol. The van der Waals surface area contributed by atoms with E-state index in [1.54, 1.807) is 0 Å². The molecule has 5 heteroatoms. The fourth-order valence-electron chi connectivity index (χ4n) is 2.34. The van der Waals surface area contributed by atoms with Gasteiger partial charge in [-0.25, -0.2) is 9.67 Å². The maximum atomic E-state index is 6.26. The Kier molecular flexibility index (Phi) is 3.83. The standard InChI is InChI=1S/C16H19N5/c1-20-10-9-18-16(20)8-7-15(17)13-11-19-21(12-13)14-5-3-2-4-6-14/h2-6,9-12,15H,7-8,17H2,1H3. The molecule has 108 valence electrons. The Morgan fingerprint density at radius 2 is 2.05 bits per heavy atom. The van der Waals surface area contributed by atoms with Gasteiger partial charge in [0.2, 0.25) is 0 Å². The van der Waals surface area contributed by atoms with Crippen molar-refractivity contribution in [3.63, 3.8) is 0 Å². The number of nitrogens with zero attached hydrogens (tertiary/aromatic N) is 4. The van der Waals surface area contributed by atoms with Crippen molar-refractivity contribution >= 4 is 0 Å². The molecule has 0 saturated heterocycles. The lowest BCUT2D eigenvalue weighted by atomic mass is 10.1. The zero-order chi connectivity index (χ0) is 14.7. The second-order valence-electron chi connectivity index (χ2n) is 5.15. The molecule has 0 radical (unpaired) electrons. The number of imidazole rings is 1. The minimum atomic E-state index is -0.0286. The van der Waals surface area contributed by atoms with E-state index in [9.17, 15) is 0 Å². The van der Waals surface area contributed by atoms with Crippen LogP contribution in [-0.4, -0.2) is 19.3 Å². The summed E-state index contributed by atoms with van der Waals surface area (Å²) in [5, 5.41) is 4.39. The normalized spacial score (nSPS) is 12.5. The van der Waals surface area contributed by atoms with Crippen LogP contribution in [-0.2, 0) is 13.5 Å². The van der Waals surface area contributed by atoms with E-state index in [0.717, 1.165) is 29.9 Å². The molecule has 2 heterocycles. The Morgan fingerprint density at radius 1 is 1.24 bits per heavy atom. The molecule has 0 bridgehead atoms. The predicted octanol–water partition coefficient (Wildman–Crippen LogP) is 2.24. The maximum Gasteiger partial charge on any atom is 0.108 e. The van der Waals surface area contributed by atoms with Gasteiger partial charge in [-0.15, -0.1) is 0 Å². The Labute approximate surface area is 124 Å². The van der Waals surface area contributed by atoms with Crippen LogP contribution in [0.4, 0.5) is 0 Å². The molecule has 3 rings (SSSR count). The van der Waals surface area contributed by atoms with E-state index in [4.69, 9.17) is 5.73 Å². The van der Waals surface area contributed by atoms with E-state index in [2.05, 4.69) is 10.1 Å². The van der Waals surface area contributed by atoms with Gasteiger partial charge in [0.05, 0.1) is 11.9 Å². The van der Waals surface area contributed by atoms with Gasteiger partial charge in [0, 0.05) is 43.7 Å². The van der Waals surface area contributed by atoms with Crippen molar-refractivity contribution in [3.05, 3.63) is 66.5 Å². The third-order valence-electron chi connectivity index (χ3n) is 3.65. The van der Waals surface area contributed by atoms with Crippen LogP contribution in [0, 0.1) is 0 Å². The van der Waals surface area contributed by atoms with Crippen LogP contribution >= 0.6 is 0 Å². The summed E-state index contributed by atoms with van der Waals surface area (Å²) < 4.78 is 3.88. The minimum absolute atomic E-state index is 0.0286. The number of para-hydroxylation sites is 1. The third kappa shape index (κ3) is 3.03. The average molecular weight is 281 g/mol.